The van der Waals surface area contributed by atoms with E-state index in [0.717, 1.165) is 23.9 Å². The Morgan fingerprint density at radius 2 is 2.00 bits per heavy atom. The van der Waals surface area contributed by atoms with Gasteiger partial charge in [-0.3, -0.25) is 14.6 Å². The second-order valence-corrected chi connectivity index (χ2v) is 6.55. The molecule has 5 nitrogen and oxygen atoms in total. The number of carbonyl (C=O) groups is 2. The molecule has 0 radical (unpaired) electrons. The summed E-state index contributed by atoms with van der Waals surface area (Å²) < 4.78 is 0. The Kier molecular flexibility index (Phi) is 3.84. The van der Waals surface area contributed by atoms with Crippen molar-refractivity contribution in [2.45, 2.75) is 31.7 Å². The molecule has 1 saturated heterocycles. The molecule has 1 aliphatic heterocycles. The van der Waals surface area contributed by atoms with Crippen LogP contribution in [-0.2, 0) is 9.59 Å². The molecule has 2 fully saturated rings. The second-order valence-electron chi connectivity index (χ2n) is 6.55. The third-order valence-corrected chi connectivity index (χ3v) is 4.78. The number of rotatable bonds is 3. The van der Waals surface area contributed by atoms with Crippen molar-refractivity contribution in [2.24, 2.45) is 5.92 Å². The molecule has 4 rings (SSSR count). The molecular formula is C19H19N3O2. The van der Waals surface area contributed by atoms with Gasteiger partial charge in [0.2, 0.25) is 5.91 Å². The number of aromatic nitrogens is 2. The zero-order chi connectivity index (χ0) is 16.5. The van der Waals surface area contributed by atoms with Crippen molar-refractivity contribution in [3.05, 3.63) is 42.2 Å². The molecule has 2 heterocycles. The highest BCUT2D eigenvalue weighted by Gasteiger charge is 2.40. The van der Waals surface area contributed by atoms with Gasteiger partial charge in [0, 0.05) is 31.5 Å². The number of Topliss-reactive ketones (excluding diaryl/α,β-unsaturated/α-hetero) is 1. The summed E-state index contributed by atoms with van der Waals surface area (Å²) >= 11 is 0. The van der Waals surface area contributed by atoms with Crippen LogP contribution in [-0.4, -0.2) is 39.1 Å². The third kappa shape index (κ3) is 3.07. The predicted molar refractivity (Wildman–Crippen MR) is 91.0 cm³/mol. The molecule has 1 atom stereocenters. The number of hydrogen-bond acceptors (Lipinski definition) is 4. The highest BCUT2D eigenvalue weighted by atomic mass is 16.2. The lowest BCUT2D eigenvalue weighted by molar-refractivity contribution is -0.134. The lowest BCUT2D eigenvalue weighted by atomic mass is 9.97. The summed E-state index contributed by atoms with van der Waals surface area (Å²) in [5.41, 5.74) is 2.31. The first-order chi connectivity index (χ1) is 11.7. The van der Waals surface area contributed by atoms with Crippen LogP contribution in [0, 0.1) is 5.92 Å². The molecule has 1 aliphatic carbocycles. The van der Waals surface area contributed by atoms with Crippen LogP contribution in [0.2, 0.25) is 0 Å². The van der Waals surface area contributed by atoms with E-state index in [-0.39, 0.29) is 17.7 Å². The molecule has 122 valence electrons. The average Bonchev–Trinajstić information content (AvgIpc) is 3.44. The van der Waals surface area contributed by atoms with Gasteiger partial charge < -0.3 is 4.90 Å². The topological polar surface area (TPSA) is 63.2 Å². The maximum atomic E-state index is 12.6. The fourth-order valence-corrected chi connectivity index (χ4v) is 3.34. The normalized spacial score (nSPS) is 21.6. The van der Waals surface area contributed by atoms with Gasteiger partial charge in [0.1, 0.15) is 5.78 Å². The van der Waals surface area contributed by atoms with Crippen molar-refractivity contribution in [3.8, 4) is 0 Å². The van der Waals surface area contributed by atoms with Crippen LogP contribution in [0.5, 0.6) is 0 Å². The molecule has 1 saturated carbocycles. The summed E-state index contributed by atoms with van der Waals surface area (Å²) in [7, 11) is 0. The molecule has 0 spiro atoms. The molecule has 1 amide bonds. The number of nitrogens with zero attached hydrogens (tertiary/aromatic N) is 3. The molecule has 1 aromatic carbocycles. The van der Waals surface area contributed by atoms with E-state index in [2.05, 4.69) is 9.97 Å². The smallest absolute Gasteiger partial charge is 0.246 e. The SMILES string of the molecule is O=C1CCN(C(=O)/C=C/c2cnc3ccccc3n2)C(C2CC2)C1. The minimum Gasteiger partial charge on any atom is -0.335 e. The lowest BCUT2D eigenvalue weighted by Gasteiger charge is -2.34. The number of piperidine rings is 1. The summed E-state index contributed by atoms with van der Waals surface area (Å²) in [6.45, 7) is 0.534. The van der Waals surface area contributed by atoms with Crippen molar-refractivity contribution >= 4 is 28.8 Å². The van der Waals surface area contributed by atoms with E-state index in [4.69, 9.17) is 0 Å². The first kappa shape index (κ1) is 15.0. The zero-order valence-corrected chi connectivity index (χ0v) is 13.4. The van der Waals surface area contributed by atoms with Crippen molar-refractivity contribution < 1.29 is 9.59 Å². The molecule has 5 heteroatoms. The van der Waals surface area contributed by atoms with E-state index in [0.29, 0.717) is 31.0 Å². The number of amides is 1. The van der Waals surface area contributed by atoms with Crippen LogP contribution in [0.1, 0.15) is 31.4 Å². The van der Waals surface area contributed by atoms with E-state index in [1.807, 2.05) is 29.2 Å². The van der Waals surface area contributed by atoms with Crippen LogP contribution in [0.4, 0.5) is 0 Å². The van der Waals surface area contributed by atoms with Gasteiger partial charge in [0.25, 0.3) is 0 Å². The van der Waals surface area contributed by atoms with E-state index in [1.54, 1.807) is 18.3 Å². The number of carbonyl (C=O) groups excluding carboxylic acids is 2. The summed E-state index contributed by atoms with van der Waals surface area (Å²) in [6.07, 6.45) is 8.18. The van der Waals surface area contributed by atoms with Gasteiger partial charge in [0.15, 0.2) is 0 Å². The van der Waals surface area contributed by atoms with Gasteiger partial charge >= 0.3 is 0 Å². The molecule has 1 unspecified atom stereocenters. The van der Waals surface area contributed by atoms with E-state index >= 15 is 0 Å². The average molecular weight is 321 g/mol. The Morgan fingerprint density at radius 1 is 1.21 bits per heavy atom. The Labute approximate surface area is 140 Å². The van der Waals surface area contributed by atoms with Crippen LogP contribution in [0.3, 0.4) is 0 Å². The highest BCUT2D eigenvalue weighted by Crippen LogP contribution is 2.38. The Bertz CT molecular complexity index is 826. The van der Waals surface area contributed by atoms with Gasteiger partial charge in [-0.1, -0.05) is 12.1 Å². The van der Waals surface area contributed by atoms with Crippen molar-refractivity contribution in [3.63, 3.8) is 0 Å². The number of benzene rings is 1. The van der Waals surface area contributed by atoms with Crippen LogP contribution in [0.25, 0.3) is 17.1 Å². The fourth-order valence-electron chi connectivity index (χ4n) is 3.34. The highest BCUT2D eigenvalue weighted by molar-refractivity contribution is 5.93. The number of ketones is 1. The zero-order valence-electron chi connectivity index (χ0n) is 13.4. The molecule has 2 aromatic rings. The molecule has 0 bridgehead atoms. The Morgan fingerprint density at radius 3 is 2.79 bits per heavy atom. The van der Waals surface area contributed by atoms with Crippen LogP contribution in [0.15, 0.2) is 36.5 Å². The Balaban J connectivity index is 1.51. The molecule has 0 N–H and O–H groups in total. The van der Waals surface area contributed by atoms with Gasteiger partial charge in [-0.15, -0.1) is 0 Å². The van der Waals surface area contributed by atoms with E-state index in [1.165, 1.54) is 0 Å². The quantitative estimate of drug-likeness (QED) is 0.815. The summed E-state index contributed by atoms with van der Waals surface area (Å²) in [5.74, 6) is 0.752. The predicted octanol–water partition coefficient (Wildman–Crippen LogP) is 2.61. The maximum absolute atomic E-state index is 12.6. The summed E-state index contributed by atoms with van der Waals surface area (Å²) in [4.78, 5) is 35.0. The largest absolute Gasteiger partial charge is 0.335 e. The molecule has 2 aliphatic rings. The van der Waals surface area contributed by atoms with Gasteiger partial charge in [-0.25, -0.2) is 4.98 Å². The minimum atomic E-state index is -0.0330. The molecule has 24 heavy (non-hydrogen) atoms. The van der Waals surface area contributed by atoms with Gasteiger partial charge in [-0.2, -0.15) is 0 Å². The van der Waals surface area contributed by atoms with Crippen molar-refractivity contribution in [1.29, 1.82) is 0 Å². The second kappa shape index (κ2) is 6.15. The number of likely N-dealkylation sites (tertiary alicyclic amines) is 1. The first-order valence-electron chi connectivity index (χ1n) is 8.43. The number of hydrogen-bond donors (Lipinski definition) is 0. The maximum Gasteiger partial charge on any atom is 0.246 e. The van der Waals surface area contributed by atoms with Gasteiger partial charge in [0.05, 0.1) is 22.9 Å². The van der Waals surface area contributed by atoms with Crippen LogP contribution < -0.4 is 0 Å². The Hall–Kier alpha value is -2.56. The van der Waals surface area contributed by atoms with Crippen LogP contribution >= 0.6 is 0 Å². The standard InChI is InChI=1S/C19H19N3O2/c23-15-9-10-22(18(11-15)13-5-6-13)19(24)8-7-14-12-20-16-3-1-2-4-17(16)21-14/h1-4,7-8,12-13,18H,5-6,9-11H2/b8-7+. The summed E-state index contributed by atoms with van der Waals surface area (Å²) in [5, 5.41) is 0. The van der Waals surface area contributed by atoms with Gasteiger partial charge in [-0.05, 0) is 37.0 Å². The number of fused-ring (bicyclic) bond motifs is 1. The lowest BCUT2D eigenvalue weighted by Crippen LogP contribution is -2.46. The van der Waals surface area contributed by atoms with E-state index in [9.17, 15) is 9.59 Å². The summed E-state index contributed by atoms with van der Waals surface area (Å²) in [6, 6.07) is 7.74. The van der Waals surface area contributed by atoms with Crippen molar-refractivity contribution in [2.75, 3.05) is 6.54 Å². The molecular weight excluding hydrogens is 302 g/mol. The van der Waals surface area contributed by atoms with Crippen molar-refractivity contribution in [1.82, 2.24) is 14.9 Å². The third-order valence-electron chi connectivity index (χ3n) is 4.78. The number of para-hydroxylation sites is 2. The monoisotopic (exact) mass is 321 g/mol. The first-order valence-corrected chi connectivity index (χ1v) is 8.43. The fraction of sp³-hybridized carbons (Fsp3) is 0.368. The molecule has 1 aromatic heterocycles. The van der Waals surface area contributed by atoms with E-state index < -0.39 is 0 Å². The minimum absolute atomic E-state index is 0.0330.